The van der Waals surface area contributed by atoms with Crippen LogP contribution in [0.25, 0.3) is 0 Å². The average Bonchev–Trinajstić information content (AvgIpc) is 2.40. The average molecular weight is 249 g/mol. The lowest BCUT2D eigenvalue weighted by Gasteiger charge is -2.41. The van der Waals surface area contributed by atoms with E-state index in [0.717, 1.165) is 12.8 Å². The quantitative estimate of drug-likeness (QED) is 0.894. The molecule has 1 fully saturated rings. The van der Waals surface area contributed by atoms with Gasteiger partial charge in [-0.3, -0.25) is 0 Å². The molecular formula is C14H19NO3. The summed E-state index contributed by atoms with van der Waals surface area (Å²) in [5.74, 6) is 0. The predicted octanol–water partition coefficient (Wildman–Crippen LogP) is 2.34. The molecular weight excluding hydrogens is 230 g/mol. The molecule has 0 bridgehead atoms. The number of amides is 1. The number of ether oxygens (including phenoxy) is 1. The molecule has 1 aromatic carbocycles. The molecule has 0 unspecified atom stereocenters. The lowest BCUT2D eigenvalue weighted by Crippen LogP contribution is -2.46. The Morgan fingerprint density at radius 1 is 1.33 bits per heavy atom. The first-order chi connectivity index (χ1) is 8.68. The Bertz CT molecular complexity index is 397. The van der Waals surface area contributed by atoms with Crippen LogP contribution in [0, 0.1) is 0 Å². The van der Waals surface area contributed by atoms with Gasteiger partial charge < -0.3 is 14.7 Å². The molecule has 0 aliphatic carbocycles. The van der Waals surface area contributed by atoms with Crippen LogP contribution in [0.4, 0.5) is 4.79 Å². The van der Waals surface area contributed by atoms with Gasteiger partial charge in [-0.15, -0.1) is 0 Å². The fourth-order valence-electron chi connectivity index (χ4n) is 2.71. The Hall–Kier alpha value is -1.55. The minimum absolute atomic E-state index is 0.0397. The van der Waals surface area contributed by atoms with Crippen molar-refractivity contribution in [3.05, 3.63) is 35.9 Å². The maximum atomic E-state index is 11.0. The third-order valence-corrected chi connectivity index (χ3v) is 3.80. The van der Waals surface area contributed by atoms with Crippen molar-refractivity contribution in [1.29, 1.82) is 0 Å². The maximum absolute atomic E-state index is 11.0. The van der Waals surface area contributed by atoms with E-state index in [-0.39, 0.29) is 5.41 Å². The van der Waals surface area contributed by atoms with Gasteiger partial charge in [0.15, 0.2) is 0 Å². The highest BCUT2D eigenvalue weighted by Gasteiger charge is 2.37. The van der Waals surface area contributed by atoms with Crippen LogP contribution in [0.5, 0.6) is 0 Å². The molecule has 1 saturated heterocycles. The third kappa shape index (κ3) is 2.48. The molecule has 4 heteroatoms. The molecule has 1 heterocycles. The fraction of sp³-hybridized carbons (Fsp3) is 0.500. The van der Waals surface area contributed by atoms with Crippen molar-refractivity contribution in [3.63, 3.8) is 0 Å². The molecule has 4 nitrogen and oxygen atoms in total. The van der Waals surface area contributed by atoms with Gasteiger partial charge in [0.1, 0.15) is 0 Å². The van der Waals surface area contributed by atoms with E-state index < -0.39 is 6.09 Å². The van der Waals surface area contributed by atoms with Crippen LogP contribution in [-0.4, -0.2) is 42.9 Å². The number of methoxy groups -OCH3 is 1. The van der Waals surface area contributed by atoms with Crippen LogP contribution in [0.2, 0.25) is 0 Å². The van der Waals surface area contributed by atoms with Crippen molar-refractivity contribution >= 4 is 6.09 Å². The van der Waals surface area contributed by atoms with E-state index in [2.05, 4.69) is 12.1 Å². The standard InChI is InChI=1S/C14H19NO3/c1-18-11-14(12-5-3-2-4-6-12)7-9-15(10-8-14)13(16)17/h2-6H,7-11H2,1H3,(H,16,17). The molecule has 0 saturated carbocycles. The van der Waals surface area contributed by atoms with Crippen molar-refractivity contribution in [2.75, 3.05) is 26.8 Å². The molecule has 0 radical (unpaired) electrons. The van der Waals surface area contributed by atoms with Crippen molar-refractivity contribution in [1.82, 2.24) is 4.90 Å². The van der Waals surface area contributed by atoms with Crippen molar-refractivity contribution in [3.8, 4) is 0 Å². The molecule has 0 atom stereocenters. The summed E-state index contributed by atoms with van der Waals surface area (Å²) in [7, 11) is 1.70. The van der Waals surface area contributed by atoms with Crippen molar-refractivity contribution in [2.24, 2.45) is 0 Å². The number of likely N-dealkylation sites (tertiary alicyclic amines) is 1. The number of rotatable bonds is 3. The minimum Gasteiger partial charge on any atom is -0.465 e. The number of nitrogens with zero attached hydrogens (tertiary/aromatic N) is 1. The molecule has 1 aliphatic heterocycles. The molecule has 1 aliphatic rings. The summed E-state index contributed by atoms with van der Waals surface area (Å²) in [6, 6.07) is 10.3. The van der Waals surface area contributed by atoms with E-state index in [9.17, 15) is 4.79 Å². The fourth-order valence-corrected chi connectivity index (χ4v) is 2.71. The SMILES string of the molecule is COCC1(c2ccccc2)CCN(C(=O)O)CC1. The normalized spacial score (nSPS) is 18.6. The Morgan fingerprint density at radius 3 is 2.44 bits per heavy atom. The summed E-state index contributed by atoms with van der Waals surface area (Å²) in [5.41, 5.74) is 1.21. The van der Waals surface area contributed by atoms with E-state index in [1.807, 2.05) is 18.2 Å². The lowest BCUT2D eigenvalue weighted by atomic mass is 9.73. The van der Waals surface area contributed by atoms with Crippen LogP contribution >= 0.6 is 0 Å². The molecule has 1 N–H and O–H groups in total. The number of carboxylic acid groups (broad SMARTS) is 1. The highest BCUT2D eigenvalue weighted by molar-refractivity contribution is 5.65. The van der Waals surface area contributed by atoms with Crippen molar-refractivity contribution in [2.45, 2.75) is 18.3 Å². The van der Waals surface area contributed by atoms with Gasteiger partial charge in [0.05, 0.1) is 6.61 Å². The number of benzene rings is 1. The molecule has 0 aromatic heterocycles. The van der Waals surface area contributed by atoms with Gasteiger partial charge in [0.25, 0.3) is 0 Å². The topological polar surface area (TPSA) is 49.8 Å². The van der Waals surface area contributed by atoms with Crippen LogP contribution in [-0.2, 0) is 10.2 Å². The van der Waals surface area contributed by atoms with Gasteiger partial charge in [-0.2, -0.15) is 0 Å². The van der Waals surface area contributed by atoms with Gasteiger partial charge in [-0.1, -0.05) is 30.3 Å². The van der Waals surface area contributed by atoms with E-state index in [1.54, 1.807) is 7.11 Å². The zero-order valence-electron chi connectivity index (χ0n) is 10.6. The molecule has 0 spiro atoms. The molecule has 18 heavy (non-hydrogen) atoms. The van der Waals surface area contributed by atoms with Crippen LogP contribution in [0.1, 0.15) is 18.4 Å². The molecule has 1 aromatic rings. The smallest absolute Gasteiger partial charge is 0.407 e. The van der Waals surface area contributed by atoms with Gasteiger partial charge in [-0.05, 0) is 18.4 Å². The first-order valence-electron chi connectivity index (χ1n) is 6.20. The second-order valence-electron chi connectivity index (χ2n) is 4.85. The largest absolute Gasteiger partial charge is 0.465 e. The minimum atomic E-state index is -0.825. The molecule has 1 amide bonds. The summed E-state index contributed by atoms with van der Waals surface area (Å²) >= 11 is 0. The van der Waals surface area contributed by atoms with Gasteiger partial charge in [-0.25, -0.2) is 4.79 Å². The molecule has 2 rings (SSSR count). The van der Waals surface area contributed by atoms with Gasteiger partial charge in [0.2, 0.25) is 0 Å². The Balaban J connectivity index is 2.18. The second-order valence-corrected chi connectivity index (χ2v) is 4.85. The van der Waals surface area contributed by atoms with E-state index in [4.69, 9.17) is 9.84 Å². The first-order valence-corrected chi connectivity index (χ1v) is 6.20. The lowest BCUT2D eigenvalue weighted by molar-refractivity contribution is 0.0693. The Morgan fingerprint density at radius 2 is 1.94 bits per heavy atom. The number of hydrogen-bond donors (Lipinski definition) is 1. The number of carbonyl (C=O) groups is 1. The van der Waals surface area contributed by atoms with Crippen LogP contribution in [0.3, 0.4) is 0 Å². The second kappa shape index (κ2) is 5.40. The summed E-state index contributed by atoms with van der Waals surface area (Å²) < 4.78 is 5.37. The summed E-state index contributed by atoms with van der Waals surface area (Å²) in [6.07, 6.45) is 0.808. The van der Waals surface area contributed by atoms with Crippen LogP contribution in [0.15, 0.2) is 30.3 Å². The third-order valence-electron chi connectivity index (χ3n) is 3.80. The Labute approximate surface area is 107 Å². The highest BCUT2D eigenvalue weighted by atomic mass is 16.5. The van der Waals surface area contributed by atoms with Gasteiger partial charge >= 0.3 is 6.09 Å². The maximum Gasteiger partial charge on any atom is 0.407 e. The predicted molar refractivity (Wildman–Crippen MR) is 68.8 cm³/mol. The first kappa shape index (κ1) is 12.9. The van der Waals surface area contributed by atoms with Crippen molar-refractivity contribution < 1.29 is 14.6 Å². The Kier molecular flexibility index (Phi) is 3.87. The zero-order chi connectivity index (χ0) is 13.0. The van der Waals surface area contributed by atoms with E-state index in [1.165, 1.54) is 10.5 Å². The number of piperidine rings is 1. The molecule has 98 valence electrons. The monoisotopic (exact) mass is 249 g/mol. The zero-order valence-corrected chi connectivity index (χ0v) is 10.6. The summed E-state index contributed by atoms with van der Waals surface area (Å²) in [5, 5.41) is 9.00. The summed E-state index contributed by atoms with van der Waals surface area (Å²) in [6.45, 7) is 1.80. The van der Waals surface area contributed by atoms with E-state index in [0.29, 0.717) is 19.7 Å². The number of hydrogen-bond acceptors (Lipinski definition) is 2. The summed E-state index contributed by atoms with van der Waals surface area (Å²) in [4.78, 5) is 12.4. The van der Waals surface area contributed by atoms with E-state index >= 15 is 0 Å². The highest BCUT2D eigenvalue weighted by Crippen LogP contribution is 2.35. The van der Waals surface area contributed by atoms with Crippen LogP contribution < -0.4 is 0 Å². The van der Waals surface area contributed by atoms with Gasteiger partial charge in [0, 0.05) is 25.6 Å².